The minimum absolute atomic E-state index is 0.0421. The monoisotopic (exact) mass is 347 g/mol. The summed E-state index contributed by atoms with van der Waals surface area (Å²) in [6.07, 6.45) is 4.65. The number of nitrogens with zero attached hydrogens (tertiary/aromatic N) is 1. The third kappa shape index (κ3) is 3.79. The Balaban J connectivity index is 1.80. The molecule has 1 amide bonds. The third-order valence-corrected chi connectivity index (χ3v) is 5.24. The molecule has 1 saturated heterocycles. The molecule has 2 aliphatic rings. The predicted octanol–water partition coefficient (Wildman–Crippen LogP) is 2.57. The first-order valence-electron chi connectivity index (χ1n) is 8.89. The van der Waals surface area contributed by atoms with Gasteiger partial charge in [0.15, 0.2) is 0 Å². The summed E-state index contributed by atoms with van der Waals surface area (Å²) < 4.78 is 10.5. The number of benzene rings is 1. The maximum atomic E-state index is 13.1. The lowest BCUT2D eigenvalue weighted by Crippen LogP contribution is -2.46. The largest absolute Gasteiger partial charge is 0.491 e. The smallest absolute Gasteiger partial charge is 0.326 e. The molecule has 0 spiro atoms. The van der Waals surface area contributed by atoms with Crippen molar-refractivity contribution in [1.82, 2.24) is 4.90 Å². The summed E-state index contributed by atoms with van der Waals surface area (Å²) >= 11 is 0. The van der Waals surface area contributed by atoms with E-state index in [4.69, 9.17) is 9.47 Å². The molecule has 1 heterocycles. The minimum Gasteiger partial charge on any atom is -0.491 e. The number of carbonyl (C=O) groups is 2. The van der Waals surface area contributed by atoms with Crippen LogP contribution in [0.5, 0.6) is 5.75 Å². The predicted molar refractivity (Wildman–Crippen MR) is 91.8 cm³/mol. The molecule has 1 aromatic carbocycles. The highest BCUT2D eigenvalue weighted by molar-refractivity contribution is 5.97. The van der Waals surface area contributed by atoms with Gasteiger partial charge in [-0.1, -0.05) is 18.9 Å². The highest BCUT2D eigenvalue weighted by Gasteiger charge is 2.47. The number of aliphatic carboxylic acids is 1. The van der Waals surface area contributed by atoms with Gasteiger partial charge in [-0.25, -0.2) is 4.79 Å². The summed E-state index contributed by atoms with van der Waals surface area (Å²) in [5, 5.41) is 9.59. The molecule has 1 saturated carbocycles. The number of ether oxygens (including phenoxy) is 2. The van der Waals surface area contributed by atoms with Gasteiger partial charge >= 0.3 is 5.97 Å². The van der Waals surface area contributed by atoms with Crippen molar-refractivity contribution in [1.29, 1.82) is 0 Å². The lowest BCUT2D eigenvalue weighted by Gasteiger charge is -2.33. The zero-order valence-electron chi connectivity index (χ0n) is 14.5. The number of carboxylic acids is 1. The molecule has 3 atom stereocenters. The topological polar surface area (TPSA) is 76.1 Å². The first-order chi connectivity index (χ1) is 12.1. The molecule has 1 aliphatic carbocycles. The van der Waals surface area contributed by atoms with Crippen LogP contribution in [0, 0.1) is 5.92 Å². The Morgan fingerprint density at radius 1 is 1.24 bits per heavy atom. The Bertz CT molecular complexity index is 632. The lowest BCUT2D eigenvalue weighted by atomic mass is 9.84. The van der Waals surface area contributed by atoms with Gasteiger partial charge in [0.25, 0.3) is 5.91 Å². The summed E-state index contributed by atoms with van der Waals surface area (Å²) in [5.41, 5.74) is 0.479. The average molecular weight is 347 g/mol. The van der Waals surface area contributed by atoms with E-state index < -0.39 is 12.0 Å². The molecule has 2 fully saturated rings. The van der Waals surface area contributed by atoms with Crippen molar-refractivity contribution in [3.63, 3.8) is 0 Å². The fourth-order valence-electron chi connectivity index (χ4n) is 4.08. The first kappa shape index (κ1) is 17.7. The Labute approximate surface area is 147 Å². The molecule has 1 aliphatic heterocycles. The summed E-state index contributed by atoms with van der Waals surface area (Å²) in [6.45, 7) is 0.870. The molecular formula is C19H25NO5. The van der Waals surface area contributed by atoms with Gasteiger partial charge in [-0.3, -0.25) is 4.79 Å². The molecule has 1 N–H and O–H groups in total. The van der Waals surface area contributed by atoms with E-state index in [9.17, 15) is 14.7 Å². The lowest BCUT2D eigenvalue weighted by molar-refractivity contribution is -0.141. The fourth-order valence-corrected chi connectivity index (χ4v) is 4.08. The molecule has 136 valence electrons. The molecule has 3 unspecified atom stereocenters. The van der Waals surface area contributed by atoms with Crippen molar-refractivity contribution >= 4 is 11.9 Å². The van der Waals surface area contributed by atoms with E-state index in [1.54, 1.807) is 36.3 Å². The van der Waals surface area contributed by atoms with Crippen molar-refractivity contribution in [2.75, 3.05) is 20.3 Å². The van der Waals surface area contributed by atoms with Crippen molar-refractivity contribution in [3.8, 4) is 5.75 Å². The van der Waals surface area contributed by atoms with Crippen LogP contribution in [0.25, 0.3) is 0 Å². The van der Waals surface area contributed by atoms with Crippen LogP contribution in [0.2, 0.25) is 0 Å². The van der Waals surface area contributed by atoms with Crippen molar-refractivity contribution < 1.29 is 24.2 Å². The van der Waals surface area contributed by atoms with Crippen molar-refractivity contribution in [2.24, 2.45) is 5.92 Å². The minimum atomic E-state index is -0.907. The summed E-state index contributed by atoms with van der Waals surface area (Å²) in [5.74, 6) is -0.219. The maximum absolute atomic E-state index is 13.1. The summed E-state index contributed by atoms with van der Waals surface area (Å²) in [7, 11) is 1.60. The Kier molecular flexibility index (Phi) is 5.58. The van der Waals surface area contributed by atoms with E-state index in [0.29, 0.717) is 36.9 Å². The molecular weight excluding hydrogens is 322 g/mol. The van der Waals surface area contributed by atoms with Crippen molar-refractivity contribution in [2.45, 2.75) is 44.2 Å². The number of carbonyl (C=O) groups excluding carboxylic acids is 1. The van der Waals surface area contributed by atoms with E-state index in [-0.39, 0.29) is 11.9 Å². The molecule has 3 rings (SSSR count). The quantitative estimate of drug-likeness (QED) is 0.801. The van der Waals surface area contributed by atoms with Crippen LogP contribution in [0.15, 0.2) is 24.3 Å². The van der Waals surface area contributed by atoms with Gasteiger partial charge in [-0.2, -0.15) is 0 Å². The van der Waals surface area contributed by atoms with Crippen LogP contribution in [0.4, 0.5) is 0 Å². The van der Waals surface area contributed by atoms with Gasteiger partial charge in [0.1, 0.15) is 18.4 Å². The number of methoxy groups -OCH3 is 1. The zero-order chi connectivity index (χ0) is 17.8. The van der Waals surface area contributed by atoms with Crippen molar-refractivity contribution in [3.05, 3.63) is 29.8 Å². The van der Waals surface area contributed by atoms with Gasteiger partial charge in [-0.15, -0.1) is 0 Å². The van der Waals surface area contributed by atoms with Crippen LogP contribution in [0.1, 0.15) is 42.5 Å². The van der Waals surface area contributed by atoms with Gasteiger partial charge in [0, 0.05) is 18.7 Å². The number of hydrogen-bond donors (Lipinski definition) is 1. The van der Waals surface area contributed by atoms with Crippen LogP contribution in [-0.4, -0.2) is 54.3 Å². The number of amides is 1. The molecule has 0 bridgehead atoms. The number of hydrogen-bond acceptors (Lipinski definition) is 4. The maximum Gasteiger partial charge on any atom is 0.326 e. The standard InChI is InChI=1S/C19H25NO5/c1-24-9-10-25-15-7-4-6-14(11-15)18(21)20-16-8-3-2-5-13(16)12-17(20)19(22)23/h4,6-7,11,13,16-17H,2-3,5,8-10,12H2,1H3,(H,22,23). The SMILES string of the molecule is COCCOc1cccc(C(=O)N2C(C(=O)O)CC3CCCCC32)c1. The molecule has 6 heteroatoms. The van der Waals surface area contributed by atoms with Gasteiger partial charge in [-0.05, 0) is 43.4 Å². The van der Waals surface area contributed by atoms with Crippen LogP contribution in [-0.2, 0) is 9.53 Å². The second kappa shape index (κ2) is 7.87. The van der Waals surface area contributed by atoms with E-state index in [1.807, 2.05) is 0 Å². The number of rotatable bonds is 6. The Morgan fingerprint density at radius 3 is 2.80 bits per heavy atom. The van der Waals surface area contributed by atoms with Gasteiger partial charge in [0.05, 0.1) is 6.61 Å². The third-order valence-electron chi connectivity index (χ3n) is 5.24. The highest BCUT2D eigenvalue weighted by atomic mass is 16.5. The van der Waals surface area contributed by atoms with Crippen LogP contribution >= 0.6 is 0 Å². The van der Waals surface area contributed by atoms with E-state index >= 15 is 0 Å². The summed E-state index contributed by atoms with van der Waals surface area (Å²) in [6, 6.07) is 6.28. The fraction of sp³-hybridized carbons (Fsp3) is 0.579. The molecule has 0 radical (unpaired) electrons. The van der Waals surface area contributed by atoms with E-state index in [2.05, 4.69) is 0 Å². The summed E-state index contributed by atoms with van der Waals surface area (Å²) in [4.78, 5) is 26.4. The first-order valence-corrected chi connectivity index (χ1v) is 8.89. The van der Waals surface area contributed by atoms with E-state index in [1.165, 1.54) is 0 Å². The second-order valence-electron chi connectivity index (χ2n) is 6.78. The Morgan fingerprint density at radius 2 is 2.04 bits per heavy atom. The normalized spacial score (nSPS) is 25.5. The number of likely N-dealkylation sites (tertiary alicyclic amines) is 1. The molecule has 0 aromatic heterocycles. The van der Waals surface area contributed by atoms with Gasteiger partial charge < -0.3 is 19.5 Å². The average Bonchev–Trinajstić information content (AvgIpc) is 3.01. The second-order valence-corrected chi connectivity index (χ2v) is 6.78. The number of carboxylic acid groups (broad SMARTS) is 1. The Hall–Kier alpha value is -2.08. The van der Waals surface area contributed by atoms with Crippen LogP contribution < -0.4 is 4.74 Å². The van der Waals surface area contributed by atoms with Gasteiger partial charge in [0.2, 0.25) is 0 Å². The molecule has 1 aromatic rings. The van der Waals surface area contributed by atoms with E-state index in [0.717, 1.165) is 25.7 Å². The molecule has 6 nitrogen and oxygen atoms in total. The zero-order valence-corrected chi connectivity index (χ0v) is 14.5. The number of fused-ring (bicyclic) bond motifs is 1. The van der Waals surface area contributed by atoms with Crippen LogP contribution in [0.3, 0.4) is 0 Å². The highest BCUT2D eigenvalue weighted by Crippen LogP contribution is 2.40. The molecule has 25 heavy (non-hydrogen) atoms.